The van der Waals surface area contributed by atoms with Crippen molar-refractivity contribution in [2.45, 2.75) is 29.3 Å². The lowest BCUT2D eigenvalue weighted by atomic mass is 9.65. The molecule has 1 aliphatic rings. The van der Waals surface area contributed by atoms with Crippen molar-refractivity contribution < 1.29 is 44.0 Å². The van der Waals surface area contributed by atoms with Crippen LogP contribution in [0.25, 0.3) is 0 Å². The number of hydrogen-bond acceptors (Lipinski definition) is 7. The zero-order valence-electron chi connectivity index (χ0n) is 23.1. The number of carboxylic acids is 3. The molecule has 1 saturated heterocycles. The van der Waals surface area contributed by atoms with E-state index in [0.717, 1.165) is 0 Å². The highest BCUT2D eigenvalue weighted by Crippen LogP contribution is 2.54. The Kier molecular flexibility index (Phi) is 9.12. The number of ether oxygens (including phenoxy) is 2. The van der Waals surface area contributed by atoms with Crippen molar-refractivity contribution in [2.75, 3.05) is 6.61 Å². The topological polar surface area (TPSA) is 147 Å². The Hall–Kier alpha value is -4.93. The van der Waals surface area contributed by atoms with Crippen LogP contribution in [0.3, 0.4) is 0 Å². The van der Waals surface area contributed by atoms with Gasteiger partial charge < -0.3 is 24.8 Å². The molecule has 0 bridgehead atoms. The fourth-order valence-electron chi connectivity index (χ4n) is 6.01. The Morgan fingerprint density at radius 1 is 0.591 bits per heavy atom. The van der Waals surface area contributed by atoms with Crippen molar-refractivity contribution in [3.63, 3.8) is 0 Å². The third-order valence-corrected chi connectivity index (χ3v) is 8.28. The van der Waals surface area contributed by atoms with Gasteiger partial charge in [-0.2, -0.15) is 0 Å². The quantitative estimate of drug-likeness (QED) is 0.133. The average molecular weight is 613 g/mol. The first-order valence-corrected chi connectivity index (χ1v) is 14.2. The van der Waals surface area contributed by atoms with Gasteiger partial charge in [-0.1, -0.05) is 72.8 Å². The molecule has 9 nitrogen and oxygen atoms in total. The van der Waals surface area contributed by atoms with E-state index in [0.29, 0.717) is 22.3 Å². The second-order valence-electron chi connectivity index (χ2n) is 10.3. The summed E-state index contributed by atoms with van der Waals surface area (Å²) in [4.78, 5) is 50.3. The predicted octanol–water partition coefficient (Wildman–Crippen LogP) is 5.94. The first kappa shape index (κ1) is 30.5. The summed E-state index contributed by atoms with van der Waals surface area (Å²) in [5, 5.41) is 30.5. The monoisotopic (exact) mass is 612 g/mol. The number of esters is 1. The third kappa shape index (κ3) is 6.08. The zero-order chi connectivity index (χ0) is 31.4. The molecule has 0 amide bonds. The van der Waals surface area contributed by atoms with Gasteiger partial charge >= 0.3 is 23.9 Å². The van der Waals surface area contributed by atoms with Gasteiger partial charge in [-0.3, -0.25) is 0 Å². The predicted molar refractivity (Wildman–Crippen MR) is 163 cm³/mol. The van der Waals surface area contributed by atoms with E-state index in [9.17, 15) is 34.5 Å². The number of rotatable bonds is 9. The highest BCUT2D eigenvalue weighted by atomic mass is 32.1. The number of carbonyl (C=O) groups is 4. The lowest BCUT2D eigenvalue weighted by Crippen LogP contribution is -2.45. The van der Waals surface area contributed by atoms with Gasteiger partial charge in [0.15, 0.2) is 0 Å². The van der Waals surface area contributed by atoms with E-state index in [1.807, 2.05) is 0 Å². The molecule has 1 heterocycles. The number of benzene rings is 4. The van der Waals surface area contributed by atoms with Crippen molar-refractivity contribution in [1.29, 1.82) is 0 Å². The first-order valence-electron chi connectivity index (χ1n) is 13.7. The van der Waals surface area contributed by atoms with Crippen LogP contribution in [0.15, 0.2) is 103 Å². The van der Waals surface area contributed by atoms with Crippen LogP contribution in [0.4, 0.5) is 0 Å². The molecule has 0 radical (unpaired) electrons. The molecule has 1 fully saturated rings. The summed E-state index contributed by atoms with van der Waals surface area (Å²) in [6.45, 7) is -0.317. The molecule has 0 saturated carbocycles. The SMILES string of the molecule is O=C(OC[C@@H]1O[C@H](S)[C@@H](c2ccccc2C(=O)O)[C@@H](c2ccccc2C(=O)O)[C@H]1c1ccccc1C(=O)O)c1ccccc1. The fraction of sp³-hybridized carbons (Fsp3) is 0.176. The molecule has 5 atom stereocenters. The molecule has 0 aromatic heterocycles. The summed E-state index contributed by atoms with van der Waals surface area (Å²) in [6, 6.07) is 27.2. The summed E-state index contributed by atoms with van der Waals surface area (Å²) in [5.74, 6) is -6.92. The van der Waals surface area contributed by atoms with Gasteiger partial charge in [-0.05, 0) is 47.0 Å². The van der Waals surface area contributed by atoms with E-state index in [4.69, 9.17) is 22.1 Å². The van der Waals surface area contributed by atoms with Gasteiger partial charge in [0.25, 0.3) is 0 Å². The minimum atomic E-state index is -1.22. The summed E-state index contributed by atoms with van der Waals surface area (Å²) in [7, 11) is 0. The molecule has 3 N–H and O–H groups in total. The van der Waals surface area contributed by atoms with Gasteiger partial charge in [-0.25, -0.2) is 19.2 Å². The molecule has 0 spiro atoms. The molecule has 1 aliphatic heterocycles. The van der Waals surface area contributed by atoms with Crippen molar-refractivity contribution in [2.24, 2.45) is 0 Å². The van der Waals surface area contributed by atoms with Crippen LogP contribution in [-0.2, 0) is 9.47 Å². The van der Waals surface area contributed by atoms with E-state index >= 15 is 0 Å². The number of thiol groups is 1. The summed E-state index contributed by atoms with van der Waals surface area (Å²) < 4.78 is 12.1. The summed E-state index contributed by atoms with van der Waals surface area (Å²) in [5.41, 5.74) is 0.142. The fourth-order valence-corrected chi connectivity index (χ4v) is 6.52. The van der Waals surface area contributed by atoms with Gasteiger partial charge in [0.1, 0.15) is 18.1 Å². The smallest absolute Gasteiger partial charge is 0.338 e. The Morgan fingerprint density at radius 2 is 1.00 bits per heavy atom. The second kappa shape index (κ2) is 13.2. The van der Waals surface area contributed by atoms with Crippen LogP contribution in [-0.4, -0.2) is 57.3 Å². The zero-order valence-corrected chi connectivity index (χ0v) is 24.0. The number of hydrogen-bond donors (Lipinski definition) is 4. The van der Waals surface area contributed by atoms with Gasteiger partial charge in [0.05, 0.1) is 22.3 Å². The third-order valence-electron chi connectivity index (χ3n) is 7.83. The molecule has 4 aromatic rings. The summed E-state index contributed by atoms with van der Waals surface area (Å²) in [6.07, 6.45) is -0.995. The molecule has 0 unspecified atom stereocenters. The Morgan fingerprint density at radius 3 is 1.48 bits per heavy atom. The molecular weight excluding hydrogens is 584 g/mol. The lowest BCUT2D eigenvalue weighted by Gasteiger charge is -2.47. The first-order chi connectivity index (χ1) is 21.2. The van der Waals surface area contributed by atoms with Crippen LogP contribution in [0.2, 0.25) is 0 Å². The minimum absolute atomic E-state index is 0.0304. The standard InChI is InChI=1S/C34H28O9S/c35-30(36)23-15-7-4-12-20(23)27-26(18-42-33(41)19-10-2-1-3-11-19)43-34(44)29(22-14-6-9-17-25(22)32(39)40)28(27)21-13-5-8-16-24(21)31(37)38/h1-17,26-29,34,44H,18H2,(H,35,36)(H,37,38)(H,39,40)/t26-,27-,28-,29-,34+/m0/s1. The molecule has 0 aliphatic carbocycles. The van der Waals surface area contributed by atoms with Crippen molar-refractivity contribution in [1.82, 2.24) is 0 Å². The van der Waals surface area contributed by atoms with Crippen LogP contribution in [0, 0.1) is 0 Å². The molecule has 10 heteroatoms. The van der Waals surface area contributed by atoms with E-state index in [1.54, 1.807) is 84.9 Å². The largest absolute Gasteiger partial charge is 0.478 e. The van der Waals surface area contributed by atoms with Crippen LogP contribution in [0.1, 0.15) is 75.9 Å². The maximum absolute atomic E-state index is 13.0. The Labute approximate surface area is 258 Å². The summed E-state index contributed by atoms with van der Waals surface area (Å²) >= 11 is 4.75. The molecule has 224 valence electrons. The molecule has 4 aromatic carbocycles. The highest BCUT2D eigenvalue weighted by molar-refractivity contribution is 7.80. The van der Waals surface area contributed by atoms with E-state index in [2.05, 4.69) is 0 Å². The van der Waals surface area contributed by atoms with Crippen molar-refractivity contribution in [3.05, 3.63) is 142 Å². The Bertz CT molecular complexity index is 1700. The second-order valence-corrected chi connectivity index (χ2v) is 10.8. The van der Waals surface area contributed by atoms with Crippen LogP contribution < -0.4 is 0 Å². The van der Waals surface area contributed by atoms with E-state index in [-0.39, 0.29) is 23.3 Å². The lowest BCUT2D eigenvalue weighted by molar-refractivity contribution is -0.0722. The molecule has 44 heavy (non-hydrogen) atoms. The van der Waals surface area contributed by atoms with Gasteiger partial charge in [0.2, 0.25) is 0 Å². The normalized spacial score (nSPS) is 21.2. The highest BCUT2D eigenvalue weighted by Gasteiger charge is 2.49. The van der Waals surface area contributed by atoms with Crippen molar-refractivity contribution in [3.8, 4) is 0 Å². The minimum Gasteiger partial charge on any atom is -0.478 e. The number of aromatic carboxylic acids is 3. The maximum atomic E-state index is 13.0. The molecular formula is C34H28O9S. The van der Waals surface area contributed by atoms with E-state index < -0.39 is 53.2 Å². The van der Waals surface area contributed by atoms with Crippen LogP contribution in [0.5, 0.6) is 0 Å². The molecule has 5 rings (SSSR count). The maximum Gasteiger partial charge on any atom is 0.338 e. The average Bonchev–Trinajstić information content (AvgIpc) is 3.03. The number of carbonyl (C=O) groups excluding carboxylic acids is 1. The number of carboxylic acid groups (broad SMARTS) is 3. The van der Waals surface area contributed by atoms with Gasteiger partial charge in [0, 0.05) is 17.8 Å². The van der Waals surface area contributed by atoms with Crippen LogP contribution >= 0.6 is 12.6 Å². The van der Waals surface area contributed by atoms with E-state index in [1.165, 1.54) is 18.2 Å². The Balaban J connectivity index is 1.74. The van der Waals surface area contributed by atoms with Crippen molar-refractivity contribution >= 4 is 36.5 Å². The van der Waals surface area contributed by atoms with Gasteiger partial charge in [-0.15, -0.1) is 12.6 Å².